The van der Waals surface area contributed by atoms with Crippen molar-refractivity contribution in [3.05, 3.63) is 29.3 Å². The summed E-state index contributed by atoms with van der Waals surface area (Å²) in [4.78, 5) is 11.8. The van der Waals surface area contributed by atoms with Gasteiger partial charge in [0, 0.05) is 10.8 Å². The lowest BCUT2D eigenvalue weighted by atomic mass is 10.3. The molecule has 1 aliphatic heterocycles. The number of nitrogens with zero attached hydrogens (tertiary/aromatic N) is 1. The Morgan fingerprint density at radius 3 is 2.52 bits per heavy atom. The average Bonchev–Trinajstić information content (AvgIpc) is 2.94. The Balaban J connectivity index is 2.17. The molecular formula is C12H12ClF3N2O3S2. The molecule has 1 fully saturated rings. The van der Waals surface area contributed by atoms with Crippen molar-refractivity contribution in [3.63, 3.8) is 0 Å². The lowest BCUT2D eigenvalue weighted by molar-refractivity contribution is -0.140. The van der Waals surface area contributed by atoms with Gasteiger partial charge in [0.2, 0.25) is 15.9 Å². The normalized spacial score (nSPS) is 19.7. The van der Waals surface area contributed by atoms with Crippen molar-refractivity contribution in [2.24, 2.45) is 0 Å². The Kier molecular flexibility index (Phi) is 5.49. The van der Waals surface area contributed by atoms with E-state index in [-0.39, 0.29) is 16.5 Å². The summed E-state index contributed by atoms with van der Waals surface area (Å²) in [5, 5.41) is 2.07. The van der Waals surface area contributed by atoms with Crippen molar-refractivity contribution >= 4 is 39.3 Å². The Bertz CT molecular complexity index is 680. The molecule has 1 atom stereocenters. The van der Waals surface area contributed by atoms with E-state index in [1.165, 1.54) is 24.3 Å². The van der Waals surface area contributed by atoms with E-state index in [1.54, 1.807) is 5.32 Å². The van der Waals surface area contributed by atoms with E-state index >= 15 is 0 Å². The second kappa shape index (κ2) is 6.88. The van der Waals surface area contributed by atoms with E-state index in [0.29, 0.717) is 5.02 Å². The molecule has 1 aliphatic rings. The van der Waals surface area contributed by atoms with Crippen molar-refractivity contribution in [1.29, 1.82) is 0 Å². The van der Waals surface area contributed by atoms with Crippen LogP contribution in [-0.4, -0.2) is 49.0 Å². The number of hydrogen-bond acceptors (Lipinski definition) is 4. The fraction of sp³-hybridized carbons (Fsp3) is 0.417. The van der Waals surface area contributed by atoms with Crippen molar-refractivity contribution in [2.75, 3.05) is 18.2 Å². The van der Waals surface area contributed by atoms with Crippen LogP contribution < -0.4 is 5.32 Å². The maximum Gasteiger partial charge on any atom is 0.405 e. The zero-order valence-corrected chi connectivity index (χ0v) is 13.9. The minimum Gasteiger partial charge on any atom is -0.346 e. The third-order valence-electron chi connectivity index (χ3n) is 3.03. The Morgan fingerprint density at radius 2 is 1.96 bits per heavy atom. The number of halogens is 4. The summed E-state index contributed by atoms with van der Waals surface area (Å²) in [6.45, 7) is -1.50. The van der Waals surface area contributed by atoms with Gasteiger partial charge in [-0.15, -0.1) is 11.8 Å². The van der Waals surface area contributed by atoms with Gasteiger partial charge >= 0.3 is 6.18 Å². The predicted octanol–water partition coefficient (Wildman–Crippen LogP) is 2.08. The van der Waals surface area contributed by atoms with Gasteiger partial charge in [0.15, 0.2) is 0 Å². The first kappa shape index (κ1) is 18.4. The smallest absolute Gasteiger partial charge is 0.346 e. The van der Waals surface area contributed by atoms with Gasteiger partial charge in [0.05, 0.1) is 10.8 Å². The summed E-state index contributed by atoms with van der Waals surface area (Å²) < 4.78 is 62.5. The van der Waals surface area contributed by atoms with Crippen LogP contribution in [0.4, 0.5) is 13.2 Å². The number of nitrogens with one attached hydrogen (secondary N) is 1. The number of sulfonamides is 1. The molecule has 1 aromatic carbocycles. The van der Waals surface area contributed by atoms with Crippen molar-refractivity contribution in [1.82, 2.24) is 9.62 Å². The van der Waals surface area contributed by atoms with Crippen LogP contribution in [0.25, 0.3) is 0 Å². The van der Waals surface area contributed by atoms with Gasteiger partial charge in [-0.05, 0) is 24.3 Å². The monoisotopic (exact) mass is 388 g/mol. The standard InChI is InChI=1S/C12H12ClF3N2O3S2/c13-8-1-3-9(4-2-8)23(20,21)18-7-22-5-10(18)11(19)17-6-12(14,15)16/h1-4,10H,5-7H2,(H,17,19)/t10-/m0/s1. The molecule has 2 rings (SSSR count). The molecule has 11 heteroatoms. The van der Waals surface area contributed by atoms with Gasteiger partial charge in [-0.1, -0.05) is 11.6 Å². The van der Waals surface area contributed by atoms with Crippen LogP contribution in [0.5, 0.6) is 0 Å². The van der Waals surface area contributed by atoms with Gasteiger partial charge in [-0.2, -0.15) is 17.5 Å². The first-order valence-electron chi connectivity index (χ1n) is 6.31. The van der Waals surface area contributed by atoms with E-state index in [9.17, 15) is 26.4 Å². The van der Waals surface area contributed by atoms with Crippen LogP contribution in [0.2, 0.25) is 5.02 Å². The van der Waals surface area contributed by atoms with E-state index in [4.69, 9.17) is 11.6 Å². The molecule has 0 aliphatic carbocycles. The Morgan fingerprint density at radius 1 is 1.35 bits per heavy atom. The summed E-state index contributed by atoms with van der Waals surface area (Å²) in [6.07, 6.45) is -4.55. The molecule has 1 saturated heterocycles. The van der Waals surface area contributed by atoms with Crippen LogP contribution in [0.3, 0.4) is 0 Å². The number of carbonyl (C=O) groups is 1. The van der Waals surface area contributed by atoms with E-state index in [2.05, 4.69) is 0 Å². The SMILES string of the molecule is O=C(NCC(F)(F)F)[C@@H]1CSCN1S(=O)(=O)c1ccc(Cl)cc1. The largest absolute Gasteiger partial charge is 0.405 e. The fourth-order valence-electron chi connectivity index (χ4n) is 1.92. The van der Waals surface area contributed by atoms with Gasteiger partial charge in [-0.3, -0.25) is 4.79 Å². The lowest BCUT2D eigenvalue weighted by Gasteiger charge is -2.22. The second-order valence-electron chi connectivity index (χ2n) is 4.69. The first-order chi connectivity index (χ1) is 10.6. The van der Waals surface area contributed by atoms with E-state index < -0.39 is 34.7 Å². The van der Waals surface area contributed by atoms with Crippen molar-refractivity contribution < 1.29 is 26.4 Å². The molecule has 23 heavy (non-hydrogen) atoms. The highest BCUT2D eigenvalue weighted by Crippen LogP contribution is 2.29. The number of benzene rings is 1. The molecule has 0 unspecified atom stereocenters. The molecule has 1 aromatic rings. The van der Waals surface area contributed by atoms with Crippen LogP contribution in [-0.2, 0) is 14.8 Å². The van der Waals surface area contributed by atoms with Crippen molar-refractivity contribution in [2.45, 2.75) is 17.1 Å². The van der Waals surface area contributed by atoms with Crippen LogP contribution in [0.15, 0.2) is 29.2 Å². The molecule has 0 saturated carbocycles. The summed E-state index contributed by atoms with van der Waals surface area (Å²) in [5.74, 6) is -0.879. The molecule has 0 aromatic heterocycles. The van der Waals surface area contributed by atoms with E-state index in [0.717, 1.165) is 16.1 Å². The number of hydrogen-bond donors (Lipinski definition) is 1. The minimum atomic E-state index is -4.55. The topological polar surface area (TPSA) is 66.5 Å². The minimum absolute atomic E-state index is 0.00490. The second-order valence-corrected chi connectivity index (χ2v) is 8.02. The van der Waals surface area contributed by atoms with Gasteiger partial charge < -0.3 is 5.32 Å². The third-order valence-corrected chi connectivity index (χ3v) is 6.32. The highest BCUT2D eigenvalue weighted by molar-refractivity contribution is 8.00. The number of thioether (sulfide) groups is 1. The summed E-state index contributed by atoms with van der Waals surface area (Å²) in [7, 11) is -3.99. The van der Waals surface area contributed by atoms with Gasteiger partial charge in [-0.25, -0.2) is 8.42 Å². The quantitative estimate of drug-likeness (QED) is 0.857. The fourth-order valence-corrected chi connectivity index (χ4v) is 5.19. The molecule has 1 heterocycles. The lowest BCUT2D eigenvalue weighted by Crippen LogP contribution is -2.49. The summed E-state index contributed by atoms with van der Waals surface area (Å²) >= 11 is 6.86. The highest BCUT2D eigenvalue weighted by Gasteiger charge is 2.41. The maximum atomic E-state index is 12.5. The molecule has 1 amide bonds. The molecule has 1 N–H and O–H groups in total. The highest BCUT2D eigenvalue weighted by atomic mass is 35.5. The number of carbonyl (C=O) groups excluding carboxylic acids is 1. The predicted molar refractivity (Wildman–Crippen MR) is 80.7 cm³/mol. The molecule has 0 bridgehead atoms. The zero-order chi connectivity index (χ0) is 17.3. The Hall–Kier alpha value is -0.970. The number of rotatable bonds is 4. The summed E-state index contributed by atoms with van der Waals surface area (Å²) in [5.41, 5.74) is 0. The van der Waals surface area contributed by atoms with Gasteiger partial charge in [0.25, 0.3) is 0 Å². The molecule has 0 spiro atoms. The number of alkyl halides is 3. The molecular weight excluding hydrogens is 377 g/mol. The van der Waals surface area contributed by atoms with Crippen LogP contribution in [0, 0.1) is 0 Å². The maximum absolute atomic E-state index is 12.5. The van der Waals surface area contributed by atoms with Crippen LogP contribution >= 0.6 is 23.4 Å². The molecule has 128 valence electrons. The summed E-state index contributed by atoms with van der Waals surface area (Å²) in [6, 6.07) is 4.16. The molecule has 0 radical (unpaired) electrons. The first-order valence-corrected chi connectivity index (χ1v) is 9.28. The number of amides is 1. The van der Waals surface area contributed by atoms with Gasteiger partial charge in [0.1, 0.15) is 12.6 Å². The van der Waals surface area contributed by atoms with E-state index in [1.807, 2.05) is 0 Å². The molecule has 5 nitrogen and oxygen atoms in total. The van der Waals surface area contributed by atoms with Crippen molar-refractivity contribution in [3.8, 4) is 0 Å². The van der Waals surface area contributed by atoms with Crippen LogP contribution in [0.1, 0.15) is 0 Å². The zero-order valence-electron chi connectivity index (χ0n) is 11.5. The third kappa shape index (κ3) is 4.52. The Labute approximate surface area is 140 Å². The average molecular weight is 389 g/mol.